The lowest BCUT2D eigenvalue weighted by molar-refractivity contribution is -0.143. The standard InChI is InChI=1S/C37H33NO5/c39-26-34(38(24-29-13-5-1-6-14-29)25-30-15-7-2-8-16-30)37(40)43-33-21-22-35(41-27-31-17-9-3-10-18-31)36(23-33)42-28-32-19-11-4-12-20-32/h1-23,26,34H,24-25,27-28H2. The van der Waals surface area contributed by atoms with Gasteiger partial charge in [0.2, 0.25) is 0 Å². The third-order valence-electron chi connectivity index (χ3n) is 6.83. The minimum absolute atomic E-state index is 0.256. The van der Waals surface area contributed by atoms with Crippen LogP contribution in [0.5, 0.6) is 17.2 Å². The highest BCUT2D eigenvalue weighted by Gasteiger charge is 2.28. The summed E-state index contributed by atoms with van der Waals surface area (Å²) in [4.78, 5) is 27.7. The molecule has 0 N–H and O–H groups in total. The van der Waals surface area contributed by atoms with Gasteiger partial charge in [0.1, 0.15) is 25.2 Å². The molecule has 6 heteroatoms. The lowest BCUT2D eigenvalue weighted by Crippen LogP contribution is -2.43. The first-order valence-electron chi connectivity index (χ1n) is 14.1. The van der Waals surface area contributed by atoms with Gasteiger partial charge in [-0.1, -0.05) is 121 Å². The number of carbonyl (C=O) groups is 2. The molecule has 216 valence electrons. The van der Waals surface area contributed by atoms with Crippen molar-refractivity contribution >= 4 is 12.3 Å². The average Bonchev–Trinajstić information content (AvgIpc) is 3.05. The normalized spacial score (nSPS) is 11.5. The lowest BCUT2D eigenvalue weighted by Gasteiger charge is -2.27. The van der Waals surface area contributed by atoms with Gasteiger partial charge >= 0.3 is 5.97 Å². The van der Waals surface area contributed by atoms with E-state index in [-0.39, 0.29) is 5.75 Å². The van der Waals surface area contributed by atoms with Crippen molar-refractivity contribution in [2.75, 3.05) is 0 Å². The monoisotopic (exact) mass is 571 g/mol. The molecule has 43 heavy (non-hydrogen) atoms. The fourth-order valence-electron chi connectivity index (χ4n) is 4.61. The maximum atomic E-state index is 13.5. The Morgan fingerprint density at radius 2 is 1.02 bits per heavy atom. The Balaban J connectivity index is 1.35. The summed E-state index contributed by atoms with van der Waals surface area (Å²) in [5, 5.41) is 0. The summed E-state index contributed by atoms with van der Waals surface area (Å²) < 4.78 is 18.0. The predicted octanol–water partition coefficient (Wildman–Crippen LogP) is 7.02. The molecule has 5 aromatic carbocycles. The quantitative estimate of drug-likeness (QED) is 0.0618. The largest absolute Gasteiger partial charge is 0.485 e. The Labute approximate surface area is 252 Å². The van der Waals surface area contributed by atoms with Crippen molar-refractivity contribution in [1.29, 1.82) is 0 Å². The van der Waals surface area contributed by atoms with E-state index >= 15 is 0 Å². The Morgan fingerprint density at radius 3 is 1.49 bits per heavy atom. The van der Waals surface area contributed by atoms with Gasteiger partial charge < -0.3 is 19.0 Å². The molecule has 0 aliphatic carbocycles. The second kappa shape index (κ2) is 15.1. The fraction of sp³-hybridized carbons (Fsp3) is 0.135. The van der Waals surface area contributed by atoms with Crippen molar-refractivity contribution in [3.8, 4) is 17.2 Å². The van der Waals surface area contributed by atoms with Gasteiger partial charge in [-0.25, -0.2) is 4.79 Å². The number of rotatable bonds is 14. The molecule has 0 saturated heterocycles. The molecule has 0 radical (unpaired) electrons. The number of benzene rings is 5. The molecule has 0 bridgehead atoms. The highest BCUT2D eigenvalue weighted by molar-refractivity contribution is 5.93. The van der Waals surface area contributed by atoms with Gasteiger partial charge in [-0.15, -0.1) is 0 Å². The average molecular weight is 572 g/mol. The zero-order chi connectivity index (χ0) is 29.7. The zero-order valence-electron chi connectivity index (χ0n) is 23.8. The van der Waals surface area contributed by atoms with Crippen LogP contribution in [0.4, 0.5) is 0 Å². The van der Waals surface area contributed by atoms with E-state index in [4.69, 9.17) is 14.2 Å². The Kier molecular flexibility index (Phi) is 10.3. The van der Waals surface area contributed by atoms with Gasteiger partial charge in [0, 0.05) is 19.2 Å². The molecule has 5 rings (SSSR count). The Hall–Kier alpha value is -5.20. The smallest absolute Gasteiger partial charge is 0.336 e. The molecule has 0 saturated carbocycles. The number of ether oxygens (including phenoxy) is 3. The predicted molar refractivity (Wildman–Crippen MR) is 166 cm³/mol. The van der Waals surface area contributed by atoms with E-state index in [1.54, 1.807) is 18.2 Å². The molecule has 1 unspecified atom stereocenters. The second-order valence-electron chi connectivity index (χ2n) is 10.0. The van der Waals surface area contributed by atoms with Crippen LogP contribution in [0.1, 0.15) is 22.3 Å². The minimum Gasteiger partial charge on any atom is -0.485 e. The van der Waals surface area contributed by atoms with Gasteiger partial charge in [-0.3, -0.25) is 4.90 Å². The Bertz CT molecular complexity index is 1540. The van der Waals surface area contributed by atoms with E-state index in [1.807, 2.05) is 126 Å². The summed E-state index contributed by atoms with van der Waals surface area (Å²) in [6, 6.07) is 42.9. The number of hydrogen-bond donors (Lipinski definition) is 0. The van der Waals surface area contributed by atoms with Crippen LogP contribution in [0.2, 0.25) is 0 Å². The summed E-state index contributed by atoms with van der Waals surface area (Å²) in [6.07, 6.45) is 0.637. The maximum absolute atomic E-state index is 13.5. The van der Waals surface area contributed by atoms with Crippen molar-refractivity contribution in [3.05, 3.63) is 162 Å². The molecule has 0 spiro atoms. The molecule has 6 nitrogen and oxygen atoms in total. The third-order valence-corrected chi connectivity index (χ3v) is 6.83. The first-order chi connectivity index (χ1) is 21.2. The maximum Gasteiger partial charge on any atom is 0.336 e. The molecule has 0 aromatic heterocycles. The number of nitrogens with zero attached hydrogens (tertiary/aromatic N) is 1. The van der Waals surface area contributed by atoms with Crippen LogP contribution in [-0.4, -0.2) is 23.2 Å². The van der Waals surface area contributed by atoms with Crippen LogP contribution in [0, 0.1) is 0 Å². The van der Waals surface area contributed by atoms with Crippen molar-refractivity contribution in [1.82, 2.24) is 4.90 Å². The summed E-state index contributed by atoms with van der Waals surface area (Å²) in [5.74, 6) is 0.527. The minimum atomic E-state index is -1.12. The first kappa shape index (κ1) is 29.3. The molecular weight excluding hydrogens is 538 g/mol. The topological polar surface area (TPSA) is 65.1 Å². The van der Waals surface area contributed by atoms with Gasteiger partial charge in [-0.05, 0) is 34.4 Å². The molecule has 0 fully saturated rings. The second-order valence-corrected chi connectivity index (χ2v) is 10.0. The lowest BCUT2D eigenvalue weighted by atomic mass is 10.1. The third kappa shape index (κ3) is 8.64. The van der Waals surface area contributed by atoms with Crippen molar-refractivity contribution in [2.45, 2.75) is 32.3 Å². The Morgan fingerprint density at radius 1 is 0.581 bits per heavy atom. The van der Waals surface area contributed by atoms with E-state index in [0.717, 1.165) is 22.3 Å². The summed E-state index contributed by atoms with van der Waals surface area (Å²) >= 11 is 0. The van der Waals surface area contributed by atoms with Gasteiger partial charge in [0.15, 0.2) is 17.5 Å². The van der Waals surface area contributed by atoms with E-state index < -0.39 is 12.0 Å². The number of carbonyl (C=O) groups excluding carboxylic acids is 2. The van der Waals surface area contributed by atoms with Gasteiger partial charge in [0.05, 0.1) is 0 Å². The molecule has 0 heterocycles. The van der Waals surface area contributed by atoms with E-state index in [2.05, 4.69) is 0 Å². The van der Waals surface area contributed by atoms with Crippen molar-refractivity contribution in [2.24, 2.45) is 0 Å². The van der Waals surface area contributed by atoms with E-state index in [9.17, 15) is 9.59 Å². The molecule has 0 aliphatic heterocycles. The van der Waals surface area contributed by atoms with Crippen LogP contribution < -0.4 is 14.2 Å². The summed E-state index contributed by atoms with van der Waals surface area (Å²) in [6.45, 7) is 1.44. The number of esters is 1. The van der Waals surface area contributed by atoms with Crippen LogP contribution in [0.3, 0.4) is 0 Å². The van der Waals surface area contributed by atoms with Crippen LogP contribution in [0.15, 0.2) is 140 Å². The van der Waals surface area contributed by atoms with E-state index in [1.165, 1.54) is 0 Å². The molecule has 0 amide bonds. The number of aldehydes is 1. The van der Waals surface area contributed by atoms with Crippen LogP contribution in [-0.2, 0) is 35.9 Å². The van der Waals surface area contributed by atoms with E-state index in [0.29, 0.717) is 44.1 Å². The van der Waals surface area contributed by atoms with Crippen LogP contribution in [0.25, 0.3) is 0 Å². The molecule has 1 atom stereocenters. The molecule has 5 aromatic rings. The zero-order valence-corrected chi connectivity index (χ0v) is 23.8. The molecular formula is C37H33NO5. The fourth-order valence-corrected chi connectivity index (χ4v) is 4.61. The van der Waals surface area contributed by atoms with Gasteiger partial charge in [-0.2, -0.15) is 0 Å². The summed E-state index contributed by atoms with van der Waals surface area (Å²) in [7, 11) is 0. The van der Waals surface area contributed by atoms with Gasteiger partial charge in [0.25, 0.3) is 0 Å². The van der Waals surface area contributed by atoms with Crippen molar-refractivity contribution < 1.29 is 23.8 Å². The highest BCUT2D eigenvalue weighted by Crippen LogP contribution is 2.33. The SMILES string of the molecule is O=CC(C(=O)Oc1ccc(OCc2ccccc2)c(OCc2ccccc2)c1)N(Cc1ccccc1)Cc1ccccc1. The summed E-state index contributed by atoms with van der Waals surface area (Å²) in [5.41, 5.74) is 3.96. The molecule has 0 aliphatic rings. The number of hydrogen-bond acceptors (Lipinski definition) is 6. The first-order valence-corrected chi connectivity index (χ1v) is 14.1. The van der Waals surface area contributed by atoms with Crippen LogP contribution >= 0.6 is 0 Å². The van der Waals surface area contributed by atoms with Crippen molar-refractivity contribution in [3.63, 3.8) is 0 Å². The highest BCUT2D eigenvalue weighted by atomic mass is 16.5.